The molecule has 0 unspecified atom stereocenters. The molecule has 0 saturated carbocycles. The fourth-order valence-corrected chi connectivity index (χ4v) is 0.846. The smallest absolute Gasteiger partial charge is 0.253 e. The van der Waals surface area contributed by atoms with Gasteiger partial charge < -0.3 is 5.32 Å². The molecule has 6 nitrogen and oxygen atoms in total. The van der Waals surface area contributed by atoms with Gasteiger partial charge in [0.2, 0.25) is 5.91 Å². The molecule has 6 heteroatoms. The van der Waals surface area contributed by atoms with Crippen molar-refractivity contribution in [2.24, 2.45) is 0 Å². The molecule has 0 aliphatic carbocycles. The molecule has 0 saturated heterocycles. The Morgan fingerprint density at radius 3 is 3.14 bits per heavy atom. The quantitative estimate of drug-likeness (QED) is 0.614. The van der Waals surface area contributed by atoms with Crippen molar-refractivity contribution in [3.8, 4) is 6.07 Å². The minimum absolute atomic E-state index is 0.0617. The summed E-state index contributed by atoms with van der Waals surface area (Å²) >= 11 is 0. The Hall–Kier alpha value is -2.16. The second kappa shape index (κ2) is 4.77. The Kier molecular flexibility index (Phi) is 3.38. The van der Waals surface area contributed by atoms with Crippen LogP contribution in [0.4, 0.5) is 0 Å². The van der Waals surface area contributed by atoms with Crippen molar-refractivity contribution in [2.75, 3.05) is 6.54 Å². The van der Waals surface area contributed by atoms with E-state index in [1.807, 2.05) is 0 Å². The maximum atomic E-state index is 11.1. The largest absolute Gasteiger partial charge is 0.341 e. The van der Waals surface area contributed by atoms with Gasteiger partial charge >= 0.3 is 0 Å². The van der Waals surface area contributed by atoms with E-state index in [0.717, 1.165) is 4.57 Å². The molecule has 0 aliphatic heterocycles. The molecule has 0 aromatic carbocycles. The summed E-state index contributed by atoms with van der Waals surface area (Å²) in [4.78, 5) is 25.9. The number of hydrogen-bond donors (Lipinski definition) is 1. The molecule has 1 N–H and O–H groups in total. The lowest BCUT2D eigenvalue weighted by atomic mass is 10.5. The molecular formula is C8H8N4O2. The Labute approximate surface area is 79.8 Å². The first kappa shape index (κ1) is 9.92. The average molecular weight is 192 g/mol. The summed E-state index contributed by atoms with van der Waals surface area (Å²) in [6.45, 7) is -0.178. The first-order valence-corrected chi connectivity index (χ1v) is 3.88. The average Bonchev–Trinajstić information content (AvgIpc) is 2.18. The number of amides is 1. The van der Waals surface area contributed by atoms with Crippen molar-refractivity contribution in [1.82, 2.24) is 14.9 Å². The van der Waals surface area contributed by atoms with Gasteiger partial charge in [-0.1, -0.05) is 0 Å². The highest BCUT2D eigenvalue weighted by Gasteiger charge is 2.02. The van der Waals surface area contributed by atoms with Crippen LogP contribution < -0.4 is 10.9 Å². The van der Waals surface area contributed by atoms with Crippen LogP contribution in [0.2, 0.25) is 0 Å². The van der Waals surface area contributed by atoms with Crippen molar-refractivity contribution in [3.63, 3.8) is 0 Å². The first-order chi connectivity index (χ1) is 6.74. The topological polar surface area (TPSA) is 87.8 Å². The maximum absolute atomic E-state index is 11.1. The summed E-state index contributed by atoms with van der Waals surface area (Å²) in [5, 5.41) is 10.5. The highest BCUT2D eigenvalue weighted by Crippen LogP contribution is 1.78. The molecule has 0 aliphatic rings. The van der Waals surface area contributed by atoms with E-state index in [1.54, 1.807) is 6.07 Å². The molecule has 1 aromatic rings. The third-order valence-electron chi connectivity index (χ3n) is 1.47. The van der Waals surface area contributed by atoms with Crippen LogP contribution >= 0.6 is 0 Å². The first-order valence-electron chi connectivity index (χ1n) is 3.88. The monoisotopic (exact) mass is 192 g/mol. The van der Waals surface area contributed by atoms with Crippen LogP contribution in [-0.4, -0.2) is 22.0 Å². The van der Waals surface area contributed by atoms with Crippen LogP contribution in [0, 0.1) is 11.3 Å². The SMILES string of the molecule is N#CCNC(=O)Cn1cnccc1=O. The van der Waals surface area contributed by atoms with Gasteiger partial charge in [-0.05, 0) is 0 Å². The van der Waals surface area contributed by atoms with Gasteiger partial charge in [0.15, 0.2) is 0 Å². The molecule has 14 heavy (non-hydrogen) atoms. The zero-order valence-electron chi connectivity index (χ0n) is 7.30. The normalized spacial score (nSPS) is 9.07. The second-order valence-electron chi connectivity index (χ2n) is 2.48. The lowest BCUT2D eigenvalue weighted by Gasteiger charge is -2.02. The van der Waals surface area contributed by atoms with Crippen LogP contribution in [0.15, 0.2) is 23.4 Å². The standard InChI is InChI=1S/C8H8N4O2/c9-2-4-11-7(13)5-12-6-10-3-1-8(12)14/h1,3,6H,4-5H2,(H,11,13). The zero-order valence-corrected chi connectivity index (χ0v) is 7.30. The molecular weight excluding hydrogens is 184 g/mol. The molecule has 0 bridgehead atoms. The van der Waals surface area contributed by atoms with Gasteiger partial charge in [-0.2, -0.15) is 5.26 Å². The third-order valence-corrected chi connectivity index (χ3v) is 1.47. The fourth-order valence-electron chi connectivity index (χ4n) is 0.846. The predicted molar refractivity (Wildman–Crippen MR) is 47.1 cm³/mol. The number of carbonyl (C=O) groups is 1. The van der Waals surface area contributed by atoms with E-state index >= 15 is 0 Å². The molecule has 0 radical (unpaired) electrons. The van der Waals surface area contributed by atoms with Crippen LogP contribution in [0.1, 0.15) is 0 Å². The van der Waals surface area contributed by atoms with Crippen LogP contribution in [0.3, 0.4) is 0 Å². The van der Waals surface area contributed by atoms with Crippen LogP contribution in [0.25, 0.3) is 0 Å². The number of hydrogen-bond acceptors (Lipinski definition) is 4. The number of rotatable bonds is 3. The number of carbonyl (C=O) groups excluding carboxylic acids is 1. The van der Waals surface area contributed by atoms with Gasteiger partial charge in [0.05, 0.1) is 12.4 Å². The van der Waals surface area contributed by atoms with Gasteiger partial charge in [-0.25, -0.2) is 4.98 Å². The van der Waals surface area contributed by atoms with E-state index in [9.17, 15) is 9.59 Å². The Morgan fingerprint density at radius 1 is 1.71 bits per heavy atom. The minimum atomic E-state index is -0.387. The van der Waals surface area contributed by atoms with Gasteiger partial charge in [-0.3, -0.25) is 14.2 Å². The van der Waals surface area contributed by atoms with Crippen LogP contribution in [0.5, 0.6) is 0 Å². The highest BCUT2D eigenvalue weighted by molar-refractivity contribution is 5.75. The summed E-state index contributed by atoms with van der Waals surface area (Å²) in [6.07, 6.45) is 2.63. The fraction of sp³-hybridized carbons (Fsp3) is 0.250. The van der Waals surface area contributed by atoms with E-state index in [1.165, 1.54) is 18.6 Å². The summed E-state index contributed by atoms with van der Waals surface area (Å²) in [7, 11) is 0. The van der Waals surface area contributed by atoms with Crippen molar-refractivity contribution in [3.05, 3.63) is 28.9 Å². The minimum Gasteiger partial charge on any atom is -0.341 e. The lowest BCUT2D eigenvalue weighted by molar-refractivity contribution is -0.121. The van der Waals surface area contributed by atoms with E-state index in [4.69, 9.17) is 5.26 Å². The number of nitrogens with one attached hydrogen (secondary N) is 1. The van der Waals surface area contributed by atoms with E-state index in [2.05, 4.69) is 10.3 Å². The number of nitrogens with zero attached hydrogens (tertiary/aromatic N) is 3. The van der Waals surface area contributed by atoms with Crippen molar-refractivity contribution in [2.45, 2.75) is 6.54 Å². The molecule has 1 aromatic heterocycles. The molecule has 0 atom stereocenters. The molecule has 72 valence electrons. The van der Waals surface area contributed by atoms with Gasteiger partial charge in [0.25, 0.3) is 5.56 Å². The summed E-state index contributed by atoms with van der Waals surface area (Å²) < 4.78 is 1.16. The third kappa shape index (κ3) is 2.71. The van der Waals surface area contributed by atoms with E-state index in [0.29, 0.717) is 0 Å². The number of aromatic nitrogens is 2. The van der Waals surface area contributed by atoms with Gasteiger partial charge in [0.1, 0.15) is 13.1 Å². The van der Waals surface area contributed by atoms with E-state index < -0.39 is 0 Å². The van der Waals surface area contributed by atoms with Crippen LogP contribution in [-0.2, 0) is 11.3 Å². The molecule has 0 spiro atoms. The van der Waals surface area contributed by atoms with Gasteiger partial charge in [0, 0.05) is 12.3 Å². The lowest BCUT2D eigenvalue weighted by Crippen LogP contribution is -2.32. The molecule has 0 fully saturated rings. The van der Waals surface area contributed by atoms with Crippen molar-refractivity contribution >= 4 is 5.91 Å². The van der Waals surface area contributed by atoms with Crippen molar-refractivity contribution in [1.29, 1.82) is 5.26 Å². The molecule has 1 heterocycles. The summed E-state index contributed by atoms with van der Waals surface area (Å²) in [5.41, 5.74) is -0.299. The highest BCUT2D eigenvalue weighted by atomic mass is 16.2. The second-order valence-corrected chi connectivity index (χ2v) is 2.48. The maximum Gasteiger partial charge on any atom is 0.253 e. The van der Waals surface area contributed by atoms with Crippen molar-refractivity contribution < 1.29 is 4.79 Å². The Balaban J connectivity index is 2.62. The Morgan fingerprint density at radius 2 is 2.50 bits per heavy atom. The Bertz CT molecular complexity index is 418. The molecule has 1 rings (SSSR count). The zero-order chi connectivity index (χ0) is 10.4. The summed E-state index contributed by atoms with van der Waals surface area (Å²) in [5.74, 6) is -0.387. The molecule has 1 amide bonds. The predicted octanol–water partition coefficient (Wildman–Crippen LogP) is -1.12. The summed E-state index contributed by atoms with van der Waals surface area (Å²) in [6, 6.07) is 3.03. The number of nitriles is 1. The van der Waals surface area contributed by atoms with E-state index in [-0.39, 0.29) is 24.6 Å². The van der Waals surface area contributed by atoms with Gasteiger partial charge in [-0.15, -0.1) is 0 Å².